The fraction of sp³-hybridized carbons (Fsp3) is 0.500. The van der Waals surface area contributed by atoms with E-state index < -0.39 is 5.41 Å². The number of amides is 1. The Kier molecular flexibility index (Phi) is 4.73. The zero-order valence-electron chi connectivity index (χ0n) is 11.6. The second kappa shape index (κ2) is 5.87. The summed E-state index contributed by atoms with van der Waals surface area (Å²) in [6.07, 6.45) is 0.667. The molecule has 100 valence electrons. The van der Waals surface area contributed by atoms with Crippen LogP contribution in [0.5, 0.6) is 5.75 Å². The second-order valence-corrected chi connectivity index (χ2v) is 4.99. The van der Waals surface area contributed by atoms with E-state index in [4.69, 9.17) is 10.5 Å². The Hall–Kier alpha value is -1.55. The first-order valence-corrected chi connectivity index (χ1v) is 6.04. The van der Waals surface area contributed by atoms with Gasteiger partial charge in [-0.2, -0.15) is 0 Å². The first-order valence-electron chi connectivity index (χ1n) is 6.04. The highest BCUT2D eigenvalue weighted by Crippen LogP contribution is 2.27. The Labute approximate surface area is 109 Å². The van der Waals surface area contributed by atoms with E-state index in [0.29, 0.717) is 13.0 Å². The van der Waals surface area contributed by atoms with Crippen LogP contribution in [0.2, 0.25) is 0 Å². The molecule has 0 heterocycles. The number of rotatable bonds is 5. The van der Waals surface area contributed by atoms with Gasteiger partial charge in [0, 0.05) is 24.2 Å². The molecule has 1 rings (SSSR count). The monoisotopic (exact) mass is 250 g/mol. The van der Waals surface area contributed by atoms with E-state index >= 15 is 0 Å². The van der Waals surface area contributed by atoms with E-state index in [-0.39, 0.29) is 5.91 Å². The molecule has 0 aliphatic heterocycles. The van der Waals surface area contributed by atoms with Crippen LogP contribution in [0.1, 0.15) is 20.3 Å². The van der Waals surface area contributed by atoms with Gasteiger partial charge in [-0.1, -0.05) is 19.9 Å². The molecular formula is C14H22N2O2. The van der Waals surface area contributed by atoms with Gasteiger partial charge >= 0.3 is 0 Å². The van der Waals surface area contributed by atoms with Crippen molar-refractivity contribution in [3.05, 3.63) is 24.3 Å². The van der Waals surface area contributed by atoms with Gasteiger partial charge in [0.25, 0.3) is 0 Å². The van der Waals surface area contributed by atoms with Crippen molar-refractivity contribution in [1.29, 1.82) is 0 Å². The Morgan fingerprint density at radius 1 is 1.44 bits per heavy atom. The largest absolute Gasteiger partial charge is 0.497 e. The number of anilines is 1. The molecule has 0 radical (unpaired) electrons. The molecule has 1 amide bonds. The smallest absolute Gasteiger partial charge is 0.232 e. The highest BCUT2D eigenvalue weighted by molar-refractivity contribution is 5.96. The van der Waals surface area contributed by atoms with Crippen molar-refractivity contribution in [2.75, 3.05) is 25.6 Å². The van der Waals surface area contributed by atoms with E-state index in [0.717, 1.165) is 11.4 Å². The summed E-state index contributed by atoms with van der Waals surface area (Å²) in [5.41, 5.74) is 5.92. The third-order valence-corrected chi connectivity index (χ3v) is 3.09. The Morgan fingerprint density at radius 2 is 2.11 bits per heavy atom. The minimum Gasteiger partial charge on any atom is -0.497 e. The number of methoxy groups -OCH3 is 1. The van der Waals surface area contributed by atoms with Crippen molar-refractivity contribution >= 4 is 11.6 Å². The molecule has 0 saturated heterocycles. The molecule has 0 aliphatic carbocycles. The first-order chi connectivity index (χ1) is 8.42. The quantitative estimate of drug-likeness (QED) is 0.870. The molecule has 0 aromatic heterocycles. The number of carbonyl (C=O) groups is 1. The Balaban J connectivity index is 2.92. The normalized spacial score (nSPS) is 11.2. The van der Waals surface area contributed by atoms with Crippen molar-refractivity contribution in [2.45, 2.75) is 20.3 Å². The molecule has 0 spiro atoms. The molecule has 18 heavy (non-hydrogen) atoms. The van der Waals surface area contributed by atoms with Gasteiger partial charge in [0.1, 0.15) is 5.75 Å². The van der Waals surface area contributed by atoms with E-state index in [1.165, 1.54) is 0 Å². The maximum absolute atomic E-state index is 12.4. The third-order valence-electron chi connectivity index (χ3n) is 3.09. The molecule has 0 saturated carbocycles. The summed E-state index contributed by atoms with van der Waals surface area (Å²) in [5, 5.41) is 0. The van der Waals surface area contributed by atoms with Crippen LogP contribution >= 0.6 is 0 Å². The maximum Gasteiger partial charge on any atom is 0.232 e. The maximum atomic E-state index is 12.4. The average Bonchev–Trinajstić information content (AvgIpc) is 2.37. The van der Waals surface area contributed by atoms with Gasteiger partial charge in [-0.3, -0.25) is 4.79 Å². The van der Waals surface area contributed by atoms with Crippen molar-refractivity contribution in [3.63, 3.8) is 0 Å². The molecule has 0 aliphatic rings. The van der Waals surface area contributed by atoms with Crippen LogP contribution in [0.15, 0.2) is 24.3 Å². The molecule has 0 fully saturated rings. The molecule has 4 nitrogen and oxygen atoms in total. The SMILES string of the molecule is COc1cccc(N(C)C(=O)C(C)(C)CCN)c1. The van der Waals surface area contributed by atoms with Crippen LogP contribution in [0.25, 0.3) is 0 Å². The summed E-state index contributed by atoms with van der Waals surface area (Å²) in [7, 11) is 3.38. The van der Waals surface area contributed by atoms with Gasteiger partial charge in [0.05, 0.1) is 7.11 Å². The summed E-state index contributed by atoms with van der Waals surface area (Å²) in [6, 6.07) is 7.45. The first kappa shape index (κ1) is 14.5. The summed E-state index contributed by atoms with van der Waals surface area (Å²) >= 11 is 0. The molecular weight excluding hydrogens is 228 g/mol. The minimum atomic E-state index is -0.452. The minimum absolute atomic E-state index is 0.0567. The number of nitrogens with zero attached hydrogens (tertiary/aromatic N) is 1. The van der Waals surface area contributed by atoms with E-state index in [2.05, 4.69) is 0 Å². The van der Waals surface area contributed by atoms with Crippen molar-refractivity contribution < 1.29 is 9.53 Å². The van der Waals surface area contributed by atoms with Crippen molar-refractivity contribution in [3.8, 4) is 5.75 Å². The predicted molar refractivity (Wildman–Crippen MR) is 73.9 cm³/mol. The molecule has 4 heteroatoms. The summed E-state index contributed by atoms with van der Waals surface area (Å²) < 4.78 is 5.16. The Morgan fingerprint density at radius 3 is 2.67 bits per heavy atom. The number of nitrogens with two attached hydrogens (primary N) is 1. The molecule has 0 unspecified atom stereocenters. The lowest BCUT2D eigenvalue weighted by Gasteiger charge is -2.29. The third kappa shape index (κ3) is 3.23. The van der Waals surface area contributed by atoms with Crippen LogP contribution in [0.4, 0.5) is 5.69 Å². The van der Waals surface area contributed by atoms with E-state index in [9.17, 15) is 4.79 Å². The fourth-order valence-corrected chi connectivity index (χ4v) is 1.86. The Bertz CT molecular complexity index is 416. The molecule has 0 bridgehead atoms. The lowest BCUT2D eigenvalue weighted by atomic mass is 9.87. The molecule has 1 aromatic carbocycles. The summed E-state index contributed by atoms with van der Waals surface area (Å²) in [4.78, 5) is 14.0. The van der Waals surface area contributed by atoms with Crippen molar-refractivity contribution in [1.82, 2.24) is 0 Å². The van der Waals surface area contributed by atoms with Gasteiger partial charge in [-0.25, -0.2) is 0 Å². The lowest BCUT2D eigenvalue weighted by Crippen LogP contribution is -2.39. The number of ether oxygens (including phenoxy) is 1. The highest BCUT2D eigenvalue weighted by atomic mass is 16.5. The summed E-state index contributed by atoms with van der Waals surface area (Å²) in [5.74, 6) is 0.796. The molecule has 2 N–H and O–H groups in total. The van der Waals surface area contributed by atoms with Gasteiger partial charge < -0.3 is 15.4 Å². The predicted octanol–water partition coefficient (Wildman–Crippen LogP) is 2.03. The van der Waals surface area contributed by atoms with E-state index in [1.807, 2.05) is 38.1 Å². The second-order valence-electron chi connectivity index (χ2n) is 4.99. The standard InChI is InChI=1S/C14H22N2O2/c1-14(2,8-9-15)13(17)16(3)11-6-5-7-12(10-11)18-4/h5-7,10H,8-9,15H2,1-4H3. The van der Waals surface area contributed by atoms with Crippen LogP contribution in [0.3, 0.4) is 0 Å². The number of hydrogen-bond acceptors (Lipinski definition) is 3. The molecule has 0 atom stereocenters. The van der Waals surface area contributed by atoms with Gasteiger partial charge in [-0.15, -0.1) is 0 Å². The zero-order valence-corrected chi connectivity index (χ0v) is 11.6. The van der Waals surface area contributed by atoms with Crippen LogP contribution < -0.4 is 15.4 Å². The zero-order chi connectivity index (χ0) is 13.8. The highest BCUT2D eigenvalue weighted by Gasteiger charge is 2.30. The number of carbonyl (C=O) groups excluding carboxylic acids is 1. The topological polar surface area (TPSA) is 55.6 Å². The number of benzene rings is 1. The van der Waals surface area contributed by atoms with Gasteiger partial charge in [-0.05, 0) is 25.1 Å². The average molecular weight is 250 g/mol. The van der Waals surface area contributed by atoms with E-state index in [1.54, 1.807) is 19.1 Å². The fourth-order valence-electron chi connectivity index (χ4n) is 1.86. The van der Waals surface area contributed by atoms with Crippen LogP contribution in [-0.4, -0.2) is 26.6 Å². The summed E-state index contributed by atoms with van der Waals surface area (Å²) in [6.45, 7) is 4.34. The lowest BCUT2D eigenvalue weighted by molar-refractivity contribution is -0.126. The molecule has 1 aromatic rings. The van der Waals surface area contributed by atoms with Crippen LogP contribution in [-0.2, 0) is 4.79 Å². The van der Waals surface area contributed by atoms with Gasteiger partial charge in [0.15, 0.2) is 0 Å². The van der Waals surface area contributed by atoms with Gasteiger partial charge in [0.2, 0.25) is 5.91 Å². The van der Waals surface area contributed by atoms with Crippen LogP contribution in [0, 0.1) is 5.41 Å². The van der Waals surface area contributed by atoms with Crippen molar-refractivity contribution in [2.24, 2.45) is 11.1 Å². The number of hydrogen-bond donors (Lipinski definition) is 1.